The van der Waals surface area contributed by atoms with Gasteiger partial charge < -0.3 is 4.74 Å². The lowest BCUT2D eigenvalue weighted by molar-refractivity contribution is -0.128. The summed E-state index contributed by atoms with van der Waals surface area (Å²) in [5.74, 6) is -2.57. The van der Waals surface area contributed by atoms with Gasteiger partial charge in [-0.3, -0.25) is 10.1 Å². The van der Waals surface area contributed by atoms with E-state index < -0.39 is 28.3 Å². The summed E-state index contributed by atoms with van der Waals surface area (Å²) in [5.41, 5.74) is -1.46. The van der Waals surface area contributed by atoms with E-state index in [1.807, 2.05) is 13.8 Å². The second-order valence-electron chi connectivity index (χ2n) is 4.61. The molecular formula is C15H19F3N2O2S. The van der Waals surface area contributed by atoms with Crippen molar-refractivity contribution in [3.8, 4) is 5.75 Å². The van der Waals surface area contributed by atoms with Crippen LogP contribution in [0.3, 0.4) is 0 Å². The lowest BCUT2D eigenvalue weighted by Gasteiger charge is -2.24. The van der Waals surface area contributed by atoms with E-state index in [4.69, 9.17) is 4.74 Å². The Balaban J connectivity index is 0.00000170. The van der Waals surface area contributed by atoms with Gasteiger partial charge >= 0.3 is 0 Å². The molecule has 0 aliphatic rings. The van der Waals surface area contributed by atoms with Gasteiger partial charge in [-0.1, -0.05) is 25.2 Å². The van der Waals surface area contributed by atoms with Gasteiger partial charge in [0.25, 0.3) is 5.91 Å². The number of amides is 1. The first-order valence-electron chi connectivity index (χ1n) is 6.85. The Hall–Kier alpha value is -2.09. The molecule has 0 aliphatic heterocycles. The maximum atomic E-state index is 13.5. The Morgan fingerprint density at radius 2 is 1.96 bits per heavy atom. The van der Waals surface area contributed by atoms with Crippen LogP contribution in [0.5, 0.6) is 5.75 Å². The molecule has 8 heteroatoms. The Kier molecular flexibility index (Phi) is 6.56. The van der Waals surface area contributed by atoms with Crippen LogP contribution >= 0.6 is 11.3 Å². The first-order valence-corrected chi connectivity index (χ1v) is 7.66. The first-order chi connectivity index (χ1) is 10.8. The Bertz CT molecular complexity index is 680. The molecule has 4 nitrogen and oxygen atoms in total. The molecular weight excluding hydrogens is 329 g/mol. The third kappa shape index (κ3) is 5.24. The standard InChI is InChI=1S/C13H11F3N2O2S.C2H6.H2/c1-13(2,11(19)18-12-17-6-10(16)21-12)20-9-4-3-7(14)5-8(9)15;1-2;/h3-6H,1-2H3,(H,17,18,19);1-2H3;1H. The molecule has 2 aromatic rings. The van der Waals surface area contributed by atoms with Crippen molar-refractivity contribution in [1.82, 2.24) is 4.98 Å². The fourth-order valence-electron chi connectivity index (χ4n) is 1.44. The van der Waals surface area contributed by atoms with Gasteiger partial charge in [-0.25, -0.2) is 13.8 Å². The van der Waals surface area contributed by atoms with E-state index in [1.54, 1.807) is 0 Å². The second-order valence-corrected chi connectivity index (χ2v) is 5.59. The summed E-state index contributed by atoms with van der Waals surface area (Å²) in [7, 11) is 0. The highest BCUT2D eigenvalue weighted by molar-refractivity contribution is 7.14. The molecule has 1 heterocycles. The minimum atomic E-state index is -1.46. The lowest BCUT2D eigenvalue weighted by atomic mass is 10.1. The number of carbonyl (C=O) groups is 1. The van der Waals surface area contributed by atoms with Crippen molar-refractivity contribution in [1.29, 1.82) is 0 Å². The van der Waals surface area contributed by atoms with Crippen molar-refractivity contribution in [2.24, 2.45) is 0 Å². The van der Waals surface area contributed by atoms with Crippen molar-refractivity contribution >= 4 is 22.4 Å². The van der Waals surface area contributed by atoms with E-state index >= 15 is 0 Å². The van der Waals surface area contributed by atoms with E-state index in [-0.39, 0.29) is 12.3 Å². The monoisotopic (exact) mass is 348 g/mol. The minimum Gasteiger partial charge on any atom is -0.475 e. The summed E-state index contributed by atoms with van der Waals surface area (Å²) in [5, 5.41) is 1.88. The number of nitrogens with one attached hydrogen (secondary N) is 1. The zero-order valence-electron chi connectivity index (χ0n) is 13.1. The van der Waals surface area contributed by atoms with Crippen LogP contribution in [0.4, 0.5) is 18.3 Å². The van der Waals surface area contributed by atoms with Crippen molar-refractivity contribution in [2.75, 3.05) is 5.32 Å². The fraction of sp³-hybridized carbons (Fsp3) is 0.333. The number of anilines is 1. The predicted octanol–water partition coefficient (Wildman–Crippen LogP) is 4.63. The number of halogens is 3. The molecule has 0 spiro atoms. The largest absolute Gasteiger partial charge is 0.475 e. The molecule has 0 atom stereocenters. The van der Waals surface area contributed by atoms with Gasteiger partial charge in [-0.05, 0) is 26.0 Å². The molecule has 128 valence electrons. The molecule has 0 fully saturated rings. The molecule has 2 rings (SSSR count). The smallest absolute Gasteiger partial charge is 0.269 e. The average molecular weight is 348 g/mol. The van der Waals surface area contributed by atoms with Crippen molar-refractivity contribution in [3.63, 3.8) is 0 Å². The Morgan fingerprint density at radius 1 is 1.30 bits per heavy atom. The lowest BCUT2D eigenvalue weighted by Crippen LogP contribution is -2.42. The molecule has 1 aromatic heterocycles. The fourth-order valence-corrected chi connectivity index (χ4v) is 1.98. The normalized spacial score (nSPS) is 10.6. The molecule has 1 N–H and O–H groups in total. The molecule has 0 saturated carbocycles. The maximum absolute atomic E-state index is 13.5. The molecule has 1 amide bonds. The minimum absolute atomic E-state index is 0. The summed E-state index contributed by atoms with van der Waals surface area (Å²) in [6.45, 7) is 6.80. The number of benzene rings is 1. The number of thiazole rings is 1. The summed E-state index contributed by atoms with van der Waals surface area (Å²) in [6.07, 6.45) is 0.966. The van der Waals surface area contributed by atoms with Gasteiger partial charge in [0.05, 0.1) is 6.20 Å². The molecule has 23 heavy (non-hydrogen) atoms. The van der Waals surface area contributed by atoms with Gasteiger partial charge in [0, 0.05) is 7.49 Å². The van der Waals surface area contributed by atoms with Crippen LogP contribution in [0.15, 0.2) is 24.4 Å². The first kappa shape index (κ1) is 19.0. The quantitative estimate of drug-likeness (QED) is 0.876. The number of aromatic nitrogens is 1. The molecule has 0 saturated heterocycles. The summed E-state index contributed by atoms with van der Waals surface area (Å²) in [6, 6.07) is 2.75. The Morgan fingerprint density at radius 3 is 2.48 bits per heavy atom. The van der Waals surface area contributed by atoms with Crippen molar-refractivity contribution in [3.05, 3.63) is 41.2 Å². The Labute approximate surface area is 137 Å². The van der Waals surface area contributed by atoms with Gasteiger partial charge in [-0.2, -0.15) is 4.39 Å². The van der Waals surface area contributed by atoms with E-state index in [1.165, 1.54) is 13.8 Å². The van der Waals surface area contributed by atoms with Gasteiger partial charge in [-0.15, -0.1) is 0 Å². The van der Waals surface area contributed by atoms with E-state index in [0.717, 1.165) is 18.3 Å². The summed E-state index contributed by atoms with van der Waals surface area (Å²) >= 11 is 0.655. The van der Waals surface area contributed by atoms with E-state index in [2.05, 4.69) is 10.3 Å². The zero-order chi connectivity index (χ0) is 17.6. The van der Waals surface area contributed by atoms with Crippen LogP contribution in [-0.4, -0.2) is 16.5 Å². The number of hydrogen-bond donors (Lipinski definition) is 1. The molecule has 0 radical (unpaired) electrons. The van der Waals surface area contributed by atoms with E-state index in [0.29, 0.717) is 17.4 Å². The topological polar surface area (TPSA) is 51.2 Å². The number of ether oxygens (including phenoxy) is 1. The van der Waals surface area contributed by atoms with Gasteiger partial charge in [0.2, 0.25) is 0 Å². The van der Waals surface area contributed by atoms with Crippen LogP contribution in [-0.2, 0) is 4.79 Å². The van der Waals surface area contributed by atoms with Crippen molar-refractivity contribution < 1.29 is 24.1 Å². The van der Waals surface area contributed by atoms with Crippen LogP contribution in [0.25, 0.3) is 0 Å². The van der Waals surface area contributed by atoms with E-state index in [9.17, 15) is 18.0 Å². The third-order valence-electron chi connectivity index (χ3n) is 2.50. The SMILES string of the molecule is CC.CC(C)(Oc1ccc(F)cc1F)C(=O)Nc1ncc(F)s1.[HH]. The summed E-state index contributed by atoms with van der Waals surface area (Å²) < 4.78 is 44.4. The second kappa shape index (κ2) is 7.96. The van der Waals surface area contributed by atoms with Crippen LogP contribution in [0.1, 0.15) is 29.1 Å². The number of rotatable bonds is 4. The zero-order valence-corrected chi connectivity index (χ0v) is 13.9. The number of hydrogen-bond acceptors (Lipinski definition) is 4. The highest BCUT2D eigenvalue weighted by Crippen LogP contribution is 2.24. The molecule has 0 aliphatic carbocycles. The highest BCUT2D eigenvalue weighted by atomic mass is 32.1. The van der Waals surface area contributed by atoms with Gasteiger partial charge in [0.15, 0.2) is 27.4 Å². The van der Waals surface area contributed by atoms with Crippen LogP contribution in [0, 0.1) is 16.8 Å². The highest BCUT2D eigenvalue weighted by Gasteiger charge is 2.31. The molecule has 0 bridgehead atoms. The third-order valence-corrected chi connectivity index (χ3v) is 3.21. The molecule has 0 unspecified atom stereocenters. The maximum Gasteiger partial charge on any atom is 0.269 e. The van der Waals surface area contributed by atoms with Crippen molar-refractivity contribution in [2.45, 2.75) is 33.3 Å². The van der Waals surface area contributed by atoms with Gasteiger partial charge in [0.1, 0.15) is 5.82 Å². The number of carbonyl (C=O) groups excluding carboxylic acids is 1. The average Bonchev–Trinajstić information content (AvgIpc) is 2.89. The van der Waals surface area contributed by atoms with Crippen LogP contribution < -0.4 is 10.1 Å². The predicted molar refractivity (Wildman–Crippen MR) is 85.2 cm³/mol. The number of nitrogens with zero attached hydrogens (tertiary/aromatic N) is 1. The molecule has 1 aromatic carbocycles. The van der Waals surface area contributed by atoms with Crippen LogP contribution in [0.2, 0.25) is 0 Å². The summed E-state index contributed by atoms with van der Waals surface area (Å²) in [4.78, 5) is 15.7.